The summed E-state index contributed by atoms with van der Waals surface area (Å²) >= 11 is 0. The summed E-state index contributed by atoms with van der Waals surface area (Å²) in [5, 5.41) is 0. The van der Waals surface area contributed by atoms with Crippen molar-refractivity contribution in [2.24, 2.45) is 11.8 Å². The second-order valence-corrected chi connectivity index (χ2v) is 11.2. The lowest BCUT2D eigenvalue weighted by atomic mass is 9.70. The Labute approximate surface area is 138 Å². The van der Waals surface area contributed by atoms with Crippen LogP contribution < -0.4 is 0 Å². The number of ether oxygens (including phenoxy) is 2. The number of allylic oxidation sites excluding steroid dienone is 2. The van der Waals surface area contributed by atoms with Crippen molar-refractivity contribution in [3.63, 3.8) is 0 Å². The maximum absolute atomic E-state index is 12.5. The van der Waals surface area contributed by atoms with Crippen molar-refractivity contribution in [1.82, 2.24) is 0 Å². The molecule has 5 nitrogen and oxygen atoms in total. The lowest BCUT2D eigenvalue weighted by Gasteiger charge is -2.39. The lowest BCUT2D eigenvalue weighted by molar-refractivity contribution is -0.143. The summed E-state index contributed by atoms with van der Waals surface area (Å²) in [6.45, 7) is 10.4. The number of hydrogen-bond donors (Lipinski definition) is 0. The average Bonchev–Trinajstić information content (AvgIpc) is 2.45. The molecule has 0 aromatic heterocycles. The molecule has 0 saturated heterocycles. The maximum Gasteiger partial charge on any atom is 0.335 e. The van der Waals surface area contributed by atoms with Crippen LogP contribution in [-0.4, -0.2) is 33.5 Å². The van der Waals surface area contributed by atoms with Gasteiger partial charge >= 0.3 is 11.9 Å². The molecular formula is C17H26O5Si. The fourth-order valence-electron chi connectivity index (χ4n) is 3.18. The second-order valence-electron chi connectivity index (χ2n) is 6.79. The van der Waals surface area contributed by atoms with Gasteiger partial charge in [0.05, 0.1) is 30.1 Å². The largest absolute Gasteiger partial charge is 0.547 e. The van der Waals surface area contributed by atoms with E-state index in [9.17, 15) is 9.59 Å². The first-order valence-corrected chi connectivity index (χ1v) is 11.7. The molecule has 6 heteroatoms. The number of hydrogen-bond acceptors (Lipinski definition) is 5. The summed E-state index contributed by atoms with van der Waals surface area (Å²) in [5.41, 5.74) is 0.904. The molecule has 2 unspecified atom stereocenters. The van der Waals surface area contributed by atoms with Gasteiger partial charge in [-0.25, -0.2) is 9.59 Å². The molecule has 0 spiro atoms. The molecule has 0 amide bonds. The molecule has 0 aromatic rings. The van der Waals surface area contributed by atoms with Crippen molar-refractivity contribution in [3.8, 4) is 0 Å². The predicted octanol–water partition coefficient (Wildman–Crippen LogP) is 3.18. The molecule has 23 heavy (non-hydrogen) atoms. The molecule has 3 aliphatic carbocycles. The topological polar surface area (TPSA) is 61.8 Å². The number of carbonyl (C=O) groups excluding carboxylic acids is 2. The highest BCUT2D eigenvalue weighted by atomic mass is 28.4. The first-order valence-electron chi connectivity index (χ1n) is 8.27. The van der Waals surface area contributed by atoms with Crippen LogP contribution in [0.4, 0.5) is 0 Å². The van der Waals surface area contributed by atoms with Crippen LogP contribution in [0.1, 0.15) is 26.7 Å². The zero-order valence-electron chi connectivity index (χ0n) is 14.6. The average molecular weight is 338 g/mol. The van der Waals surface area contributed by atoms with Gasteiger partial charge in [0.15, 0.2) is 0 Å². The molecule has 128 valence electrons. The first kappa shape index (κ1) is 17.8. The molecule has 2 bridgehead atoms. The van der Waals surface area contributed by atoms with Crippen LogP contribution in [0.3, 0.4) is 0 Å². The van der Waals surface area contributed by atoms with E-state index in [-0.39, 0.29) is 25.0 Å². The van der Waals surface area contributed by atoms with Gasteiger partial charge in [-0.05, 0) is 52.4 Å². The SMILES string of the molecule is CCOC(=O)C1=C(C(=O)OCC)C2CCC1C=C2O[Si](C)(C)C. The molecule has 0 saturated carbocycles. The van der Waals surface area contributed by atoms with E-state index >= 15 is 0 Å². The minimum absolute atomic E-state index is 0.121. The molecule has 0 aliphatic heterocycles. The highest BCUT2D eigenvalue weighted by Gasteiger charge is 2.44. The lowest BCUT2D eigenvalue weighted by Crippen LogP contribution is -2.38. The summed E-state index contributed by atoms with van der Waals surface area (Å²) in [6.07, 6.45) is 3.64. The highest BCUT2D eigenvalue weighted by Crippen LogP contribution is 2.46. The molecule has 0 N–H and O–H groups in total. The highest BCUT2D eigenvalue weighted by molar-refractivity contribution is 6.70. The number of fused-ring (bicyclic) bond motifs is 1. The Morgan fingerprint density at radius 1 is 1.04 bits per heavy atom. The summed E-state index contributed by atoms with van der Waals surface area (Å²) in [5.74, 6) is -0.310. The van der Waals surface area contributed by atoms with Crippen LogP contribution in [0.15, 0.2) is 23.0 Å². The monoisotopic (exact) mass is 338 g/mol. The zero-order chi connectivity index (χ0) is 17.2. The van der Waals surface area contributed by atoms with E-state index in [4.69, 9.17) is 13.9 Å². The third-order valence-corrected chi connectivity index (χ3v) is 4.75. The van der Waals surface area contributed by atoms with Gasteiger partial charge in [-0.15, -0.1) is 0 Å². The van der Waals surface area contributed by atoms with Gasteiger partial charge in [0.25, 0.3) is 0 Å². The fourth-order valence-corrected chi connectivity index (χ4v) is 4.10. The van der Waals surface area contributed by atoms with Gasteiger partial charge in [0.2, 0.25) is 8.32 Å². The minimum Gasteiger partial charge on any atom is -0.547 e. The summed E-state index contributed by atoms with van der Waals surface area (Å²) in [7, 11) is -1.79. The Balaban J connectivity index is 2.41. The summed E-state index contributed by atoms with van der Waals surface area (Å²) < 4.78 is 16.5. The van der Waals surface area contributed by atoms with E-state index < -0.39 is 20.3 Å². The van der Waals surface area contributed by atoms with Crippen LogP contribution in [0.5, 0.6) is 0 Å². The Morgan fingerprint density at radius 3 is 2.13 bits per heavy atom. The minimum atomic E-state index is -1.79. The van der Waals surface area contributed by atoms with Crippen LogP contribution in [0, 0.1) is 11.8 Å². The number of esters is 2. The van der Waals surface area contributed by atoms with Gasteiger partial charge in [-0.3, -0.25) is 0 Å². The Hall–Kier alpha value is -1.56. The van der Waals surface area contributed by atoms with Crippen molar-refractivity contribution in [1.29, 1.82) is 0 Å². The van der Waals surface area contributed by atoms with E-state index in [1.807, 2.05) is 6.08 Å². The summed E-state index contributed by atoms with van der Waals surface area (Å²) in [6, 6.07) is 0. The van der Waals surface area contributed by atoms with Crippen LogP contribution >= 0.6 is 0 Å². The number of carbonyl (C=O) groups is 2. The second kappa shape index (κ2) is 6.91. The third-order valence-electron chi connectivity index (χ3n) is 3.90. The fraction of sp³-hybridized carbons (Fsp3) is 0.647. The van der Waals surface area contributed by atoms with Gasteiger partial charge in [-0.2, -0.15) is 0 Å². The summed E-state index contributed by atoms with van der Waals surface area (Å²) in [4.78, 5) is 24.8. The van der Waals surface area contributed by atoms with Gasteiger partial charge in [0.1, 0.15) is 0 Å². The van der Waals surface area contributed by atoms with E-state index in [2.05, 4.69) is 19.6 Å². The third kappa shape index (κ3) is 3.86. The van der Waals surface area contributed by atoms with Crippen molar-refractivity contribution in [3.05, 3.63) is 23.0 Å². The Bertz CT molecular complexity index is 556. The van der Waals surface area contributed by atoms with E-state index in [0.29, 0.717) is 11.1 Å². The van der Waals surface area contributed by atoms with Crippen LogP contribution in [0.2, 0.25) is 19.6 Å². The van der Waals surface area contributed by atoms with Crippen molar-refractivity contribution >= 4 is 20.3 Å². The van der Waals surface area contributed by atoms with E-state index in [1.54, 1.807) is 13.8 Å². The maximum atomic E-state index is 12.5. The van der Waals surface area contributed by atoms with E-state index in [1.165, 1.54) is 0 Å². The first-order chi connectivity index (χ1) is 10.8. The quantitative estimate of drug-likeness (QED) is 0.550. The molecule has 0 radical (unpaired) electrons. The van der Waals surface area contributed by atoms with Gasteiger partial charge < -0.3 is 13.9 Å². The van der Waals surface area contributed by atoms with Gasteiger partial charge in [-0.1, -0.05) is 0 Å². The Kier molecular flexibility index (Phi) is 5.34. The van der Waals surface area contributed by atoms with Crippen LogP contribution in [0.25, 0.3) is 0 Å². The van der Waals surface area contributed by atoms with Crippen molar-refractivity contribution in [2.45, 2.75) is 46.3 Å². The van der Waals surface area contributed by atoms with Gasteiger partial charge in [0, 0.05) is 11.8 Å². The zero-order valence-corrected chi connectivity index (χ0v) is 15.6. The Morgan fingerprint density at radius 2 is 1.61 bits per heavy atom. The molecule has 0 heterocycles. The van der Waals surface area contributed by atoms with Crippen molar-refractivity contribution in [2.75, 3.05) is 13.2 Å². The molecule has 0 aromatic carbocycles. The molecule has 2 atom stereocenters. The molecule has 3 rings (SSSR count). The molecule has 3 aliphatic rings. The normalized spacial score (nSPS) is 23.4. The standard InChI is InChI=1S/C17H26O5Si/c1-6-20-16(18)14-11-8-9-12(15(14)17(19)21-7-2)13(10-11)22-23(3,4)5/h10-12H,6-9H2,1-5H3. The smallest absolute Gasteiger partial charge is 0.335 e. The number of rotatable bonds is 6. The van der Waals surface area contributed by atoms with Crippen molar-refractivity contribution < 1.29 is 23.5 Å². The predicted molar refractivity (Wildman–Crippen MR) is 89.0 cm³/mol. The van der Waals surface area contributed by atoms with Crippen LogP contribution in [-0.2, 0) is 23.5 Å². The van der Waals surface area contributed by atoms with E-state index in [0.717, 1.165) is 18.6 Å². The molecular weight excluding hydrogens is 312 g/mol. The molecule has 0 fully saturated rings.